The van der Waals surface area contributed by atoms with E-state index in [-0.39, 0.29) is 6.09 Å². The minimum absolute atomic E-state index is 0.207. The van der Waals surface area contributed by atoms with Crippen molar-refractivity contribution >= 4 is 11.8 Å². The van der Waals surface area contributed by atoms with E-state index in [2.05, 4.69) is 5.10 Å². The maximum Gasteiger partial charge on any atom is 0.410 e. The van der Waals surface area contributed by atoms with Gasteiger partial charge in [0.25, 0.3) is 0 Å². The third-order valence-electron chi connectivity index (χ3n) is 4.13. The van der Waals surface area contributed by atoms with Crippen LogP contribution in [0.3, 0.4) is 0 Å². The number of hydrogen-bond donors (Lipinski definition) is 1. The third kappa shape index (κ3) is 3.93. The van der Waals surface area contributed by atoms with Crippen molar-refractivity contribution < 1.29 is 9.53 Å². The van der Waals surface area contributed by atoms with Gasteiger partial charge in [0.1, 0.15) is 5.60 Å². The molecule has 22 heavy (non-hydrogen) atoms. The Morgan fingerprint density at radius 3 is 2.36 bits per heavy atom. The zero-order valence-electron chi connectivity index (χ0n) is 14.3. The number of hydrogen-bond acceptors (Lipinski definition) is 4. The van der Waals surface area contributed by atoms with Crippen molar-refractivity contribution in [3.8, 4) is 0 Å². The maximum atomic E-state index is 12.1. The lowest BCUT2D eigenvalue weighted by Gasteiger charge is -2.33. The quantitative estimate of drug-likeness (QED) is 0.911. The number of nitrogens with two attached hydrogens (primary N) is 1. The molecule has 0 aromatic carbocycles. The lowest BCUT2D eigenvalue weighted by atomic mass is 9.97. The molecule has 1 aliphatic rings. The Bertz CT molecular complexity index is 537. The van der Waals surface area contributed by atoms with Gasteiger partial charge in [-0.1, -0.05) is 0 Å². The van der Waals surface area contributed by atoms with Gasteiger partial charge < -0.3 is 15.4 Å². The second kappa shape index (κ2) is 6.18. The van der Waals surface area contributed by atoms with Crippen LogP contribution in [0.25, 0.3) is 0 Å². The molecule has 0 spiro atoms. The SMILES string of the molecule is Cc1nn(CC2CCN(C(=O)OC(C)(C)C)CC2)c(C)c1N. The van der Waals surface area contributed by atoms with Gasteiger partial charge in [-0.3, -0.25) is 4.68 Å². The predicted octanol–water partition coefficient (Wildman–Crippen LogP) is 2.73. The number of rotatable bonds is 2. The van der Waals surface area contributed by atoms with Gasteiger partial charge in [0.2, 0.25) is 0 Å². The molecule has 0 bridgehead atoms. The highest BCUT2D eigenvalue weighted by Gasteiger charge is 2.27. The molecule has 6 heteroatoms. The van der Waals surface area contributed by atoms with Crippen molar-refractivity contribution in [1.29, 1.82) is 0 Å². The van der Waals surface area contributed by atoms with Crippen LogP contribution in [0, 0.1) is 19.8 Å². The Kier molecular flexibility index (Phi) is 4.68. The molecule has 1 fully saturated rings. The number of aromatic nitrogens is 2. The number of amides is 1. The van der Waals surface area contributed by atoms with Crippen molar-refractivity contribution in [2.24, 2.45) is 5.92 Å². The van der Waals surface area contributed by atoms with Crippen LogP contribution in [-0.2, 0) is 11.3 Å². The van der Waals surface area contributed by atoms with Crippen molar-refractivity contribution in [3.63, 3.8) is 0 Å². The number of anilines is 1. The Balaban J connectivity index is 1.87. The molecule has 1 amide bonds. The summed E-state index contributed by atoms with van der Waals surface area (Å²) in [5.74, 6) is 0.524. The van der Waals surface area contributed by atoms with E-state index in [9.17, 15) is 4.79 Å². The third-order valence-corrected chi connectivity index (χ3v) is 4.13. The number of nitrogens with zero attached hydrogens (tertiary/aromatic N) is 3. The molecule has 1 aliphatic heterocycles. The van der Waals surface area contributed by atoms with Gasteiger partial charge in [-0.15, -0.1) is 0 Å². The normalized spacial score (nSPS) is 16.9. The van der Waals surface area contributed by atoms with E-state index in [0.29, 0.717) is 5.92 Å². The Morgan fingerprint density at radius 2 is 1.91 bits per heavy atom. The maximum absolute atomic E-state index is 12.1. The van der Waals surface area contributed by atoms with E-state index < -0.39 is 5.60 Å². The molecule has 1 aromatic rings. The molecule has 0 unspecified atom stereocenters. The smallest absolute Gasteiger partial charge is 0.410 e. The summed E-state index contributed by atoms with van der Waals surface area (Å²) in [4.78, 5) is 13.9. The van der Waals surface area contributed by atoms with Crippen LogP contribution >= 0.6 is 0 Å². The number of carbonyl (C=O) groups excluding carboxylic acids is 1. The minimum atomic E-state index is -0.435. The predicted molar refractivity (Wildman–Crippen MR) is 86.6 cm³/mol. The van der Waals surface area contributed by atoms with E-state index >= 15 is 0 Å². The minimum Gasteiger partial charge on any atom is -0.444 e. The summed E-state index contributed by atoms with van der Waals surface area (Å²) in [5.41, 5.74) is 8.25. The highest BCUT2D eigenvalue weighted by molar-refractivity contribution is 5.68. The van der Waals surface area contributed by atoms with Crippen LogP contribution in [0.5, 0.6) is 0 Å². The molecule has 0 aliphatic carbocycles. The van der Waals surface area contributed by atoms with Crippen LogP contribution < -0.4 is 5.73 Å². The van der Waals surface area contributed by atoms with Crippen LogP contribution in [0.4, 0.5) is 10.5 Å². The fourth-order valence-electron chi connectivity index (χ4n) is 2.76. The summed E-state index contributed by atoms with van der Waals surface area (Å²) in [7, 11) is 0. The van der Waals surface area contributed by atoms with Gasteiger partial charge in [-0.25, -0.2) is 4.79 Å². The van der Waals surface area contributed by atoms with Crippen molar-refractivity contribution in [2.75, 3.05) is 18.8 Å². The molecule has 0 radical (unpaired) electrons. The van der Waals surface area contributed by atoms with E-state index in [4.69, 9.17) is 10.5 Å². The topological polar surface area (TPSA) is 73.4 Å². The number of aryl methyl sites for hydroxylation is 1. The van der Waals surface area contributed by atoms with Gasteiger partial charge in [-0.05, 0) is 53.4 Å². The molecule has 0 saturated carbocycles. The number of ether oxygens (including phenoxy) is 1. The van der Waals surface area contributed by atoms with Crippen molar-refractivity contribution in [1.82, 2.24) is 14.7 Å². The largest absolute Gasteiger partial charge is 0.444 e. The van der Waals surface area contributed by atoms with E-state index in [1.165, 1.54) is 0 Å². The second-order valence-corrected chi connectivity index (χ2v) is 7.18. The summed E-state index contributed by atoms with van der Waals surface area (Å²) in [6.07, 6.45) is 1.73. The van der Waals surface area contributed by atoms with Crippen LogP contribution in [0.15, 0.2) is 0 Å². The van der Waals surface area contributed by atoms with Crippen LogP contribution in [0.2, 0.25) is 0 Å². The zero-order chi connectivity index (χ0) is 16.5. The van der Waals surface area contributed by atoms with Crippen molar-refractivity contribution in [2.45, 2.75) is 59.6 Å². The first kappa shape index (κ1) is 16.6. The van der Waals surface area contributed by atoms with E-state index in [1.807, 2.05) is 39.3 Å². The lowest BCUT2D eigenvalue weighted by molar-refractivity contribution is 0.0177. The summed E-state index contributed by atoms with van der Waals surface area (Å²) in [6, 6.07) is 0. The summed E-state index contributed by atoms with van der Waals surface area (Å²) < 4.78 is 7.42. The fraction of sp³-hybridized carbons (Fsp3) is 0.750. The van der Waals surface area contributed by atoms with E-state index in [0.717, 1.165) is 49.6 Å². The molecule has 2 heterocycles. The van der Waals surface area contributed by atoms with Gasteiger partial charge in [0, 0.05) is 19.6 Å². The average Bonchev–Trinajstić information content (AvgIpc) is 2.65. The Morgan fingerprint density at radius 1 is 1.32 bits per heavy atom. The van der Waals surface area contributed by atoms with Gasteiger partial charge in [0.15, 0.2) is 0 Å². The average molecular weight is 308 g/mol. The van der Waals surface area contributed by atoms with Crippen molar-refractivity contribution in [3.05, 3.63) is 11.4 Å². The molecule has 1 saturated heterocycles. The molecule has 2 N–H and O–H groups in total. The molecule has 124 valence electrons. The van der Waals surface area contributed by atoms with Gasteiger partial charge in [-0.2, -0.15) is 5.10 Å². The first-order chi connectivity index (χ1) is 10.2. The number of carbonyl (C=O) groups is 1. The number of piperidine rings is 1. The standard InChI is InChI=1S/C16H28N4O2/c1-11-14(17)12(2)20(18-11)10-13-6-8-19(9-7-13)15(21)22-16(3,4)5/h13H,6-10,17H2,1-5H3. The first-order valence-corrected chi connectivity index (χ1v) is 7.95. The first-order valence-electron chi connectivity index (χ1n) is 7.95. The second-order valence-electron chi connectivity index (χ2n) is 7.18. The molecular weight excluding hydrogens is 280 g/mol. The monoisotopic (exact) mass is 308 g/mol. The zero-order valence-corrected chi connectivity index (χ0v) is 14.3. The number of likely N-dealkylation sites (tertiary alicyclic amines) is 1. The summed E-state index contributed by atoms with van der Waals surface area (Å²) >= 11 is 0. The fourth-order valence-corrected chi connectivity index (χ4v) is 2.76. The van der Waals surface area contributed by atoms with Gasteiger partial charge in [0.05, 0.1) is 17.1 Å². The Hall–Kier alpha value is -1.72. The summed E-state index contributed by atoms with van der Waals surface area (Å²) in [6.45, 7) is 12.0. The van der Waals surface area contributed by atoms with Crippen LogP contribution in [0.1, 0.15) is 45.0 Å². The highest BCUT2D eigenvalue weighted by atomic mass is 16.6. The molecule has 6 nitrogen and oxygen atoms in total. The molecule has 2 rings (SSSR count). The van der Waals surface area contributed by atoms with E-state index in [1.54, 1.807) is 4.90 Å². The molecule has 0 atom stereocenters. The van der Waals surface area contributed by atoms with Crippen LogP contribution in [-0.4, -0.2) is 39.5 Å². The molecule has 1 aromatic heterocycles. The Labute approximate surface area is 132 Å². The number of nitrogen functional groups attached to an aromatic ring is 1. The molecular formula is C16H28N4O2. The van der Waals surface area contributed by atoms with Gasteiger partial charge >= 0.3 is 6.09 Å². The highest BCUT2D eigenvalue weighted by Crippen LogP contribution is 2.23. The summed E-state index contributed by atoms with van der Waals surface area (Å²) in [5, 5.41) is 4.49. The lowest BCUT2D eigenvalue weighted by Crippen LogP contribution is -2.42.